The molecule has 1 amide bonds. The summed E-state index contributed by atoms with van der Waals surface area (Å²) in [5, 5.41) is 9.48. The number of amides is 1. The van der Waals surface area contributed by atoms with E-state index in [-0.39, 0.29) is 5.91 Å². The van der Waals surface area contributed by atoms with Crippen LogP contribution in [0.25, 0.3) is 0 Å². The summed E-state index contributed by atoms with van der Waals surface area (Å²) in [5.74, 6) is 0.923. The predicted octanol–water partition coefficient (Wildman–Crippen LogP) is 2.30. The molecule has 0 spiro atoms. The number of hydrogen-bond acceptors (Lipinski definition) is 3. The van der Waals surface area contributed by atoms with Crippen LogP contribution in [0, 0.1) is 6.92 Å². The van der Waals surface area contributed by atoms with Crippen LogP contribution in [0.5, 0.6) is 5.75 Å². The summed E-state index contributed by atoms with van der Waals surface area (Å²) < 4.78 is 5.65. The number of aryl methyl sites for hydroxylation is 1. The van der Waals surface area contributed by atoms with Crippen molar-refractivity contribution in [2.24, 2.45) is 0 Å². The fourth-order valence-electron chi connectivity index (χ4n) is 1.72. The normalized spacial score (nSPS) is 12.1. The van der Waals surface area contributed by atoms with Crippen LogP contribution in [-0.2, 0) is 4.79 Å². The molecule has 1 atom stereocenters. The number of nitrogens with zero attached hydrogens (tertiary/aromatic N) is 1. The minimum Gasteiger partial charge on any atom is -0.493 e. The van der Waals surface area contributed by atoms with E-state index in [4.69, 9.17) is 4.74 Å². The highest BCUT2D eigenvalue weighted by atomic mass is 16.5. The van der Waals surface area contributed by atoms with Gasteiger partial charge in [-0.3, -0.25) is 4.79 Å². The summed E-state index contributed by atoms with van der Waals surface area (Å²) in [6.07, 6.45) is 0.734. The summed E-state index contributed by atoms with van der Waals surface area (Å²) in [4.78, 5) is 13.0. The van der Waals surface area contributed by atoms with Gasteiger partial charge in [-0.1, -0.05) is 6.07 Å². The maximum Gasteiger partial charge on any atom is 0.222 e. The second-order valence-corrected chi connectivity index (χ2v) is 4.94. The van der Waals surface area contributed by atoms with E-state index >= 15 is 0 Å². The van der Waals surface area contributed by atoms with Gasteiger partial charge in [0.05, 0.1) is 12.7 Å². The minimum absolute atomic E-state index is 0.116. The van der Waals surface area contributed by atoms with Crippen LogP contribution in [0.2, 0.25) is 0 Å². The summed E-state index contributed by atoms with van der Waals surface area (Å²) in [6, 6.07) is 5.65. The largest absolute Gasteiger partial charge is 0.493 e. The molecule has 4 nitrogen and oxygen atoms in total. The van der Waals surface area contributed by atoms with Crippen molar-refractivity contribution in [3.63, 3.8) is 0 Å². The lowest BCUT2D eigenvalue weighted by molar-refractivity contribution is -0.128. The summed E-state index contributed by atoms with van der Waals surface area (Å²) in [7, 11) is 3.50. The highest BCUT2D eigenvalue weighted by molar-refractivity contribution is 5.75. The number of aliphatic hydroxyl groups is 1. The van der Waals surface area contributed by atoms with Gasteiger partial charge in [0.2, 0.25) is 5.91 Å². The first kappa shape index (κ1) is 15.5. The smallest absolute Gasteiger partial charge is 0.222 e. The van der Waals surface area contributed by atoms with Crippen LogP contribution < -0.4 is 4.74 Å². The van der Waals surface area contributed by atoms with Gasteiger partial charge in [-0.25, -0.2) is 0 Å². The molecule has 4 heteroatoms. The lowest BCUT2D eigenvalue weighted by Crippen LogP contribution is -2.21. The van der Waals surface area contributed by atoms with E-state index in [0.29, 0.717) is 19.4 Å². The number of carbonyl (C=O) groups excluding carboxylic acids is 1. The molecule has 0 aromatic heterocycles. The Labute approximate surface area is 115 Å². The van der Waals surface area contributed by atoms with Crippen LogP contribution >= 0.6 is 0 Å². The van der Waals surface area contributed by atoms with E-state index in [9.17, 15) is 9.90 Å². The Morgan fingerprint density at radius 2 is 2.11 bits per heavy atom. The Morgan fingerprint density at radius 3 is 2.63 bits per heavy atom. The molecule has 1 aromatic rings. The molecule has 1 aromatic carbocycles. The van der Waals surface area contributed by atoms with Gasteiger partial charge in [0.15, 0.2) is 0 Å². The van der Waals surface area contributed by atoms with Gasteiger partial charge in [-0.15, -0.1) is 0 Å². The van der Waals surface area contributed by atoms with E-state index in [2.05, 4.69) is 0 Å². The number of carbonyl (C=O) groups is 1. The molecule has 1 rings (SSSR count). The maximum atomic E-state index is 11.4. The number of rotatable bonds is 6. The Hall–Kier alpha value is -1.55. The van der Waals surface area contributed by atoms with E-state index < -0.39 is 6.10 Å². The fourth-order valence-corrected chi connectivity index (χ4v) is 1.72. The van der Waals surface area contributed by atoms with E-state index in [1.54, 1.807) is 25.9 Å². The summed E-state index contributed by atoms with van der Waals surface area (Å²) in [5.41, 5.74) is 1.88. The second-order valence-electron chi connectivity index (χ2n) is 4.94. The third-order valence-electron chi connectivity index (χ3n) is 2.97. The third kappa shape index (κ3) is 4.91. The first-order chi connectivity index (χ1) is 8.91. The minimum atomic E-state index is -0.467. The molecule has 0 fully saturated rings. The monoisotopic (exact) mass is 265 g/mol. The number of aliphatic hydroxyl groups excluding tert-OH is 1. The first-order valence-electron chi connectivity index (χ1n) is 6.53. The summed E-state index contributed by atoms with van der Waals surface area (Å²) in [6.45, 7) is 4.21. The quantitative estimate of drug-likeness (QED) is 0.803. The Kier molecular flexibility index (Phi) is 5.83. The Bertz CT molecular complexity index is 427. The van der Waals surface area contributed by atoms with Crippen LogP contribution in [0.15, 0.2) is 18.2 Å². The van der Waals surface area contributed by atoms with Crippen LogP contribution in [0.1, 0.15) is 37.0 Å². The van der Waals surface area contributed by atoms with Crippen molar-refractivity contribution < 1.29 is 14.6 Å². The van der Waals surface area contributed by atoms with Gasteiger partial charge < -0.3 is 14.7 Å². The molecule has 106 valence electrons. The molecule has 0 aliphatic heterocycles. The number of benzene rings is 1. The predicted molar refractivity (Wildman–Crippen MR) is 75.2 cm³/mol. The topological polar surface area (TPSA) is 49.8 Å². The van der Waals surface area contributed by atoms with Crippen molar-refractivity contribution in [3.8, 4) is 5.75 Å². The lowest BCUT2D eigenvalue weighted by atomic mass is 10.1. The zero-order valence-corrected chi connectivity index (χ0v) is 12.1. The van der Waals surface area contributed by atoms with Crippen molar-refractivity contribution >= 4 is 5.91 Å². The SMILES string of the molecule is Cc1cc(C(C)O)ccc1OCCCC(=O)N(C)C. The van der Waals surface area contributed by atoms with E-state index in [1.165, 1.54) is 0 Å². The molecule has 1 N–H and O–H groups in total. The van der Waals surface area contributed by atoms with Gasteiger partial charge in [0.1, 0.15) is 5.75 Å². The fraction of sp³-hybridized carbons (Fsp3) is 0.533. The van der Waals surface area contributed by atoms with Gasteiger partial charge in [-0.2, -0.15) is 0 Å². The van der Waals surface area contributed by atoms with Crippen molar-refractivity contribution in [3.05, 3.63) is 29.3 Å². The average molecular weight is 265 g/mol. The zero-order chi connectivity index (χ0) is 14.4. The van der Waals surface area contributed by atoms with Crippen molar-refractivity contribution in [1.82, 2.24) is 4.90 Å². The van der Waals surface area contributed by atoms with Gasteiger partial charge >= 0.3 is 0 Å². The highest BCUT2D eigenvalue weighted by Crippen LogP contribution is 2.22. The average Bonchev–Trinajstić information content (AvgIpc) is 2.35. The lowest BCUT2D eigenvalue weighted by Gasteiger charge is -2.13. The van der Waals surface area contributed by atoms with Crippen molar-refractivity contribution in [1.29, 1.82) is 0 Å². The molecular formula is C15H23NO3. The second kappa shape index (κ2) is 7.14. The molecular weight excluding hydrogens is 242 g/mol. The first-order valence-corrected chi connectivity index (χ1v) is 6.53. The van der Waals surface area contributed by atoms with Gasteiger partial charge in [0, 0.05) is 20.5 Å². The molecule has 0 heterocycles. The van der Waals surface area contributed by atoms with Crippen LogP contribution in [0.4, 0.5) is 0 Å². The van der Waals surface area contributed by atoms with E-state index in [0.717, 1.165) is 16.9 Å². The number of hydrogen-bond donors (Lipinski definition) is 1. The van der Waals surface area contributed by atoms with E-state index in [1.807, 2.05) is 25.1 Å². The third-order valence-corrected chi connectivity index (χ3v) is 2.97. The Balaban J connectivity index is 2.44. The van der Waals surface area contributed by atoms with Gasteiger partial charge in [-0.05, 0) is 43.5 Å². The van der Waals surface area contributed by atoms with Crippen molar-refractivity contribution in [2.45, 2.75) is 32.8 Å². The van der Waals surface area contributed by atoms with Crippen LogP contribution in [0.3, 0.4) is 0 Å². The van der Waals surface area contributed by atoms with Crippen molar-refractivity contribution in [2.75, 3.05) is 20.7 Å². The molecule has 0 saturated heterocycles. The molecule has 0 saturated carbocycles. The maximum absolute atomic E-state index is 11.4. The zero-order valence-electron chi connectivity index (χ0n) is 12.1. The molecule has 0 radical (unpaired) electrons. The standard InChI is InChI=1S/C15H23NO3/c1-11-10-13(12(2)17)7-8-14(11)19-9-5-6-15(18)16(3)4/h7-8,10,12,17H,5-6,9H2,1-4H3. The molecule has 0 bridgehead atoms. The Morgan fingerprint density at radius 1 is 1.42 bits per heavy atom. The molecule has 1 unspecified atom stereocenters. The highest BCUT2D eigenvalue weighted by Gasteiger charge is 2.06. The number of ether oxygens (including phenoxy) is 1. The van der Waals surface area contributed by atoms with Gasteiger partial charge in [0.25, 0.3) is 0 Å². The molecule has 19 heavy (non-hydrogen) atoms. The molecule has 0 aliphatic rings. The summed E-state index contributed by atoms with van der Waals surface area (Å²) >= 11 is 0. The van der Waals surface area contributed by atoms with Crippen LogP contribution in [-0.4, -0.2) is 36.6 Å². The molecule has 0 aliphatic carbocycles.